The summed E-state index contributed by atoms with van der Waals surface area (Å²) in [6.45, 7) is 4.16. The van der Waals surface area contributed by atoms with Gasteiger partial charge in [0, 0.05) is 16.8 Å². The van der Waals surface area contributed by atoms with Crippen LogP contribution in [0.5, 0.6) is 0 Å². The Kier molecular flexibility index (Phi) is 3.50. The van der Waals surface area contributed by atoms with Crippen LogP contribution in [0.4, 0.5) is 4.39 Å². The molecule has 0 aliphatic rings. The monoisotopic (exact) mass is 262 g/mol. The molecule has 5 nitrogen and oxygen atoms in total. The molecule has 2 rings (SSSR count). The minimum Gasteiger partial charge on any atom is -0.409 e. The molecule has 0 unspecified atom stereocenters. The molecule has 1 aromatic heterocycles. The fraction of sp³-hybridized carbons (Fsp3) is 0.231. The van der Waals surface area contributed by atoms with Crippen molar-refractivity contribution in [2.45, 2.75) is 20.4 Å². The maximum atomic E-state index is 13.9. The Balaban J connectivity index is 2.29. The molecule has 1 aromatic carbocycles. The van der Waals surface area contributed by atoms with Crippen LogP contribution in [0.15, 0.2) is 29.4 Å². The molecule has 0 amide bonds. The number of halogens is 1. The molecule has 19 heavy (non-hydrogen) atoms. The summed E-state index contributed by atoms with van der Waals surface area (Å²) in [5, 5.41) is 15.7. The van der Waals surface area contributed by atoms with Crippen molar-refractivity contribution in [2.24, 2.45) is 10.9 Å². The largest absolute Gasteiger partial charge is 0.409 e. The number of nitrogens with two attached hydrogens (primary N) is 1. The Labute approximate surface area is 110 Å². The van der Waals surface area contributed by atoms with Crippen molar-refractivity contribution < 1.29 is 9.60 Å². The van der Waals surface area contributed by atoms with Crippen LogP contribution in [-0.2, 0) is 6.54 Å². The molecule has 0 saturated carbocycles. The number of rotatable bonds is 3. The Morgan fingerprint density at radius 1 is 1.42 bits per heavy atom. The number of amidine groups is 1. The van der Waals surface area contributed by atoms with Crippen molar-refractivity contribution in [3.05, 3.63) is 52.6 Å². The first-order chi connectivity index (χ1) is 9.01. The standard InChI is InChI=1S/C13H15FN4O/c1-8-5-9(2)18(16-8)7-11-4-3-10(6-12(11)14)13(15)17-19/h3-6,19H,7H2,1-2H3,(H2,15,17). The molecule has 1 heterocycles. The van der Waals surface area contributed by atoms with Gasteiger partial charge in [-0.2, -0.15) is 5.10 Å². The van der Waals surface area contributed by atoms with E-state index < -0.39 is 5.82 Å². The van der Waals surface area contributed by atoms with Crippen LogP contribution in [-0.4, -0.2) is 20.8 Å². The summed E-state index contributed by atoms with van der Waals surface area (Å²) in [6, 6.07) is 6.40. The highest BCUT2D eigenvalue weighted by molar-refractivity contribution is 5.97. The van der Waals surface area contributed by atoms with Crippen LogP contribution in [0.2, 0.25) is 0 Å². The fourth-order valence-corrected chi connectivity index (χ4v) is 1.89. The summed E-state index contributed by atoms with van der Waals surface area (Å²) in [6.07, 6.45) is 0. The van der Waals surface area contributed by atoms with E-state index in [1.54, 1.807) is 16.8 Å². The summed E-state index contributed by atoms with van der Waals surface area (Å²) >= 11 is 0. The summed E-state index contributed by atoms with van der Waals surface area (Å²) < 4.78 is 15.7. The van der Waals surface area contributed by atoms with E-state index in [1.165, 1.54) is 6.07 Å². The minimum absolute atomic E-state index is 0.114. The highest BCUT2D eigenvalue weighted by Gasteiger charge is 2.09. The Hall–Kier alpha value is -2.37. The van der Waals surface area contributed by atoms with Gasteiger partial charge >= 0.3 is 0 Å². The molecular formula is C13H15FN4O. The molecule has 0 aliphatic carbocycles. The second-order valence-electron chi connectivity index (χ2n) is 4.38. The van der Waals surface area contributed by atoms with Crippen LogP contribution in [0.25, 0.3) is 0 Å². The molecule has 6 heteroatoms. The molecular weight excluding hydrogens is 247 g/mol. The quantitative estimate of drug-likeness (QED) is 0.383. The van der Waals surface area contributed by atoms with E-state index in [4.69, 9.17) is 10.9 Å². The molecule has 0 fully saturated rings. The van der Waals surface area contributed by atoms with Crippen LogP contribution >= 0.6 is 0 Å². The predicted octanol–water partition coefficient (Wildman–Crippen LogP) is 1.78. The molecule has 3 N–H and O–H groups in total. The van der Waals surface area contributed by atoms with Gasteiger partial charge in [0.15, 0.2) is 5.84 Å². The lowest BCUT2D eigenvalue weighted by molar-refractivity contribution is 0.318. The lowest BCUT2D eigenvalue weighted by Crippen LogP contribution is -2.14. The minimum atomic E-state index is -0.406. The molecule has 0 saturated heterocycles. The van der Waals surface area contributed by atoms with Gasteiger partial charge in [-0.25, -0.2) is 4.39 Å². The van der Waals surface area contributed by atoms with Gasteiger partial charge in [-0.3, -0.25) is 4.68 Å². The molecule has 0 bridgehead atoms. The predicted molar refractivity (Wildman–Crippen MR) is 69.7 cm³/mol. The number of benzene rings is 1. The second-order valence-corrected chi connectivity index (χ2v) is 4.38. The topological polar surface area (TPSA) is 76.4 Å². The average molecular weight is 262 g/mol. The number of hydrogen-bond donors (Lipinski definition) is 2. The first kappa shape index (κ1) is 13.1. The highest BCUT2D eigenvalue weighted by Crippen LogP contribution is 2.13. The first-order valence-corrected chi connectivity index (χ1v) is 5.78. The van der Waals surface area contributed by atoms with Gasteiger partial charge in [-0.05, 0) is 26.0 Å². The summed E-state index contributed by atoms with van der Waals surface area (Å²) in [5.41, 5.74) is 8.12. The number of nitrogens with zero attached hydrogens (tertiary/aromatic N) is 3. The third kappa shape index (κ3) is 2.73. The van der Waals surface area contributed by atoms with Gasteiger partial charge in [-0.15, -0.1) is 0 Å². The van der Waals surface area contributed by atoms with E-state index >= 15 is 0 Å². The van der Waals surface area contributed by atoms with Gasteiger partial charge in [0.25, 0.3) is 0 Å². The zero-order valence-corrected chi connectivity index (χ0v) is 10.8. The summed E-state index contributed by atoms with van der Waals surface area (Å²) in [7, 11) is 0. The molecule has 0 atom stereocenters. The lowest BCUT2D eigenvalue weighted by atomic mass is 10.1. The number of oxime groups is 1. The Morgan fingerprint density at radius 3 is 2.68 bits per heavy atom. The first-order valence-electron chi connectivity index (χ1n) is 5.78. The Morgan fingerprint density at radius 2 is 2.16 bits per heavy atom. The number of hydrogen-bond acceptors (Lipinski definition) is 3. The number of aromatic nitrogens is 2. The van der Waals surface area contributed by atoms with Crippen LogP contribution in [0.3, 0.4) is 0 Å². The SMILES string of the molecule is Cc1cc(C)n(Cc2ccc(/C(N)=N/O)cc2F)n1. The van der Waals surface area contributed by atoms with E-state index in [0.29, 0.717) is 17.7 Å². The second kappa shape index (κ2) is 5.09. The molecule has 100 valence electrons. The Bertz CT molecular complexity index is 634. The van der Waals surface area contributed by atoms with E-state index in [2.05, 4.69) is 10.3 Å². The summed E-state index contributed by atoms with van der Waals surface area (Å²) in [5.74, 6) is -0.520. The molecule has 0 spiro atoms. The average Bonchev–Trinajstić information content (AvgIpc) is 2.69. The van der Waals surface area contributed by atoms with Crippen molar-refractivity contribution in [3.63, 3.8) is 0 Å². The van der Waals surface area contributed by atoms with Gasteiger partial charge in [0.1, 0.15) is 5.82 Å². The third-order valence-corrected chi connectivity index (χ3v) is 2.88. The van der Waals surface area contributed by atoms with Crippen molar-refractivity contribution >= 4 is 5.84 Å². The van der Waals surface area contributed by atoms with E-state index in [0.717, 1.165) is 11.4 Å². The normalized spacial score (nSPS) is 11.8. The third-order valence-electron chi connectivity index (χ3n) is 2.88. The number of aryl methyl sites for hydroxylation is 2. The molecule has 0 aliphatic heterocycles. The van der Waals surface area contributed by atoms with Crippen LogP contribution in [0.1, 0.15) is 22.5 Å². The highest BCUT2D eigenvalue weighted by atomic mass is 19.1. The van der Waals surface area contributed by atoms with Crippen LogP contribution < -0.4 is 5.73 Å². The van der Waals surface area contributed by atoms with Crippen LogP contribution in [0, 0.1) is 19.7 Å². The van der Waals surface area contributed by atoms with E-state index in [-0.39, 0.29) is 5.84 Å². The fourth-order valence-electron chi connectivity index (χ4n) is 1.89. The van der Waals surface area contributed by atoms with Crippen molar-refractivity contribution in [1.29, 1.82) is 0 Å². The zero-order chi connectivity index (χ0) is 14.0. The van der Waals surface area contributed by atoms with Gasteiger partial charge in [0.2, 0.25) is 0 Å². The maximum absolute atomic E-state index is 13.9. The van der Waals surface area contributed by atoms with E-state index in [1.807, 2.05) is 19.9 Å². The van der Waals surface area contributed by atoms with E-state index in [9.17, 15) is 4.39 Å². The van der Waals surface area contributed by atoms with Gasteiger partial charge < -0.3 is 10.9 Å². The maximum Gasteiger partial charge on any atom is 0.170 e. The van der Waals surface area contributed by atoms with Crippen molar-refractivity contribution in [1.82, 2.24) is 9.78 Å². The van der Waals surface area contributed by atoms with Crippen molar-refractivity contribution in [2.75, 3.05) is 0 Å². The zero-order valence-electron chi connectivity index (χ0n) is 10.8. The van der Waals surface area contributed by atoms with Gasteiger partial charge in [0.05, 0.1) is 12.2 Å². The smallest absolute Gasteiger partial charge is 0.170 e. The van der Waals surface area contributed by atoms with Crippen molar-refractivity contribution in [3.8, 4) is 0 Å². The summed E-state index contributed by atoms with van der Waals surface area (Å²) in [4.78, 5) is 0. The molecule has 0 radical (unpaired) electrons. The van der Waals surface area contributed by atoms with Gasteiger partial charge in [-0.1, -0.05) is 17.3 Å². The molecule has 2 aromatic rings. The lowest BCUT2D eigenvalue weighted by Gasteiger charge is -2.07.